The summed E-state index contributed by atoms with van der Waals surface area (Å²) in [6.45, 7) is 11.4. The molecule has 0 amide bonds. The van der Waals surface area contributed by atoms with Crippen LogP contribution in [0, 0.1) is 0 Å². The third kappa shape index (κ3) is 12.9. The number of hydrogen-bond acceptors (Lipinski definition) is 6. The Labute approximate surface area is 115 Å². The molecule has 2 aliphatic heterocycles. The van der Waals surface area contributed by atoms with Crippen molar-refractivity contribution < 1.29 is 30.0 Å². The summed E-state index contributed by atoms with van der Waals surface area (Å²) in [5.74, 6) is 0. The van der Waals surface area contributed by atoms with Crippen molar-refractivity contribution in [2.24, 2.45) is 0 Å². The summed E-state index contributed by atoms with van der Waals surface area (Å²) in [7, 11) is 0. The SMILES string of the molecule is CC1OC(=O)OC1C.CC1OC1C.O=C=O.[3H]C(C)C. The van der Waals surface area contributed by atoms with Crippen molar-refractivity contribution in [3.8, 4) is 0 Å². The number of cyclic esters (lactones) is 2. The molecule has 2 saturated heterocycles. The van der Waals surface area contributed by atoms with Crippen LogP contribution in [0.2, 0.25) is 0 Å². The lowest BCUT2D eigenvalue weighted by molar-refractivity contribution is -0.191. The number of carbonyl (C=O) groups excluding carboxylic acids is 3. The molecule has 2 rings (SSSR count). The Kier molecular flexibility index (Phi) is 10.8. The molecule has 0 aromatic carbocycles. The summed E-state index contributed by atoms with van der Waals surface area (Å²) in [5, 5.41) is 0. The second-order valence-corrected chi connectivity index (χ2v) is 4.10. The van der Waals surface area contributed by atoms with Gasteiger partial charge in [-0.15, -0.1) is 0 Å². The van der Waals surface area contributed by atoms with Crippen molar-refractivity contribution in [3.05, 3.63) is 0 Å². The fourth-order valence-electron chi connectivity index (χ4n) is 0.816. The van der Waals surface area contributed by atoms with Crippen molar-refractivity contribution in [1.82, 2.24) is 0 Å². The fraction of sp³-hybridized carbons (Fsp3) is 0.846. The molecular formula is C13H24O6. The van der Waals surface area contributed by atoms with Crippen LogP contribution in [0.25, 0.3) is 0 Å². The van der Waals surface area contributed by atoms with Crippen molar-refractivity contribution >= 4 is 12.3 Å². The van der Waals surface area contributed by atoms with Gasteiger partial charge in [0.15, 0.2) is 0 Å². The Balaban J connectivity index is 0. The van der Waals surface area contributed by atoms with E-state index in [4.69, 9.17) is 15.7 Å². The second kappa shape index (κ2) is 11.7. The van der Waals surface area contributed by atoms with E-state index in [1.165, 1.54) is 0 Å². The minimum Gasteiger partial charge on any atom is -0.427 e. The molecule has 0 radical (unpaired) electrons. The topological polar surface area (TPSA) is 82.2 Å². The maximum Gasteiger partial charge on any atom is 0.509 e. The van der Waals surface area contributed by atoms with E-state index in [9.17, 15) is 4.79 Å². The maximum atomic E-state index is 10.2. The third-order valence-corrected chi connectivity index (χ3v) is 2.24. The van der Waals surface area contributed by atoms with Gasteiger partial charge in [-0.3, -0.25) is 0 Å². The predicted molar refractivity (Wildman–Crippen MR) is 67.5 cm³/mol. The highest BCUT2D eigenvalue weighted by Gasteiger charge is 2.28. The monoisotopic (exact) mass is 278 g/mol. The zero-order valence-corrected chi connectivity index (χ0v) is 12.3. The molecule has 0 aliphatic carbocycles. The Hall–Kier alpha value is -1.39. The average molecular weight is 278 g/mol. The van der Waals surface area contributed by atoms with E-state index in [0.717, 1.165) is 0 Å². The summed E-state index contributed by atoms with van der Waals surface area (Å²) in [5.41, 5.74) is 0. The van der Waals surface area contributed by atoms with E-state index in [0.29, 0.717) is 12.2 Å². The van der Waals surface area contributed by atoms with Gasteiger partial charge in [0.1, 0.15) is 12.2 Å². The van der Waals surface area contributed by atoms with Gasteiger partial charge in [0.2, 0.25) is 0 Å². The van der Waals surface area contributed by atoms with Gasteiger partial charge < -0.3 is 14.2 Å². The largest absolute Gasteiger partial charge is 0.509 e. The first-order valence-electron chi connectivity index (χ1n) is 6.67. The standard InChI is InChI=1S/C5H8O3.C4H8O.C3H8.CO2/c1-3-4(2)8-5(6)7-3;1-3-4(2)5-3;1-3-2;2-1-3/h3-4H,1-2H3;3-4H,1-2H3;3H2,1-2H3;/i;;3T;. The third-order valence-electron chi connectivity index (χ3n) is 2.24. The van der Waals surface area contributed by atoms with Crippen LogP contribution in [-0.4, -0.2) is 36.7 Å². The molecular weight excluding hydrogens is 252 g/mol. The van der Waals surface area contributed by atoms with Crippen LogP contribution in [-0.2, 0) is 23.8 Å². The molecule has 19 heavy (non-hydrogen) atoms. The first kappa shape index (κ1) is 17.6. The number of rotatable bonds is 0. The first-order chi connectivity index (χ1) is 9.15. The van der Waals surface area contributed by atoms with Crippen molar-refractivity contribution in [1.29, 1.82) is 0 Å². The molecule has 4 unspecified atom stereocenters. The van der Waals surface area contributed by atoms with Crippen LogP contribution in [0.1, 0.15) is 49.3 Å². The molecule has 6 heteroatoms. The van der Waals surface area contributed by atoms with Crippen molar-refractivity contribution in [2.75, 3.05) is 0 Å². The minimum absolute atomic E-state index is 0.0810. The van der Waals surface area contributed by atoms with Gasteiger partial charge in [-0.05, 0) is 27.7 Å². The molecule has 112 valence electrons. The van der Waals surface area contributed by atoms with Crippen LogP contribution in [0.5, 0.6) is 0 Å². The van der Waals surface area contributed by atoms with Gasteiger partial charge >= 0.3 is 12.3 Å². The highest BCUT2D eigenvalue weighted by molar-refractivity contribution is 5.62. The Morgan fingerprint density at radius 1 is 1.00 bits per heavy atom. The lowest BCUT2D eigenvalue weighted by Gasteiger charge is -2.00. The number of ether oxygens (including phenoxy) is 3. The fourth-order valence-corrected chi connectivity index (χ4v) is 0.816. The van der Waals surface area contributed by atoms with E-state index in [-0.39, 0.29) is 24.8 Å². The molecule has 0 bridgehead atoms. The predicted octanol–water partition coefficient (Wildman–Crippen LogP) is 2.56. The minimum atomic E-state index is -0.551. The summed E-state index contributed by atoms with van der Waals surface area (Å²) >= 11 is 0. The quantitative estimate of drug-likeness (QED) is 0.500. The van der Waals surface area contributed by atoms with Crippen molar-refractivity contribution in [2.45, 2.75) is 72.4 Å². The average Bonchev–Trinajstić information content (AvgIpc) is 2.82. The molecule has 2 fully saturated rings. The summed E-state index contributed by atoms with van der Waals surface area (Å²) in [6.07, 6.45) is 0.722. The zero-order valence-electron chi connectivity index (χ0n) is 13.3. The molecule has 2 aliphatic rings. The van der Waals surface area contributed by atoms with Crippen LogP contribution < -0.4 is 0 Å². The Bertz CT molecular complexity index is 280. The van der Waals surface area contributed by atoms with Gasteiger partial charge in [-0.1, -0.05) is 20.2 Å². The van der Waals surface area contributed by atoms with E-state index in [1.54, 1.807) is 13.8 Å². The van der Waals surface area contributed by atoms with E-state index in [1.807, 2.05) is 13.8 Å². The lowest BCUT2D eigenvalue weighted by Crippen LogP contribution is -2.13. The second-order valence-electron chi connectivity index (χ2n) is 4.10. The molecule has 6 nitrogen and oxygen atoms in total. The van der Waals surface area contributed by atoms with Gasteiger partial charge in [0.25, 0.3) is 0 Å². The normalized spacial score (nSPS) is 30.7. The highest BCUT2D eigenvalue weighted by atomic mass is 16.8. The molecule has 0 aromatic heterocycles. The molecule has 0 saturated carbocycles. The molecule has 4 atom stereocenters. The molecule has 2 heterocycles. The molecule has 0 aromatic rings. The van der Waals surface area contributed by atoms with Crippen LogP contribution in [0.3, 0.4) is 0 Å². The van der Waals surface area contributed by atoms with Gasteiger partial charge in [0.05, 0.1) is 12.2 Å². The van der Waals surface area contributed by atoms with E-state index >= 15 is 0 Å². The number of epoxide rings is 1. The van der Waals surface area contributed by atoms with Crippen LogP contribution >= 0.6 is 0 Å². The summed E-state index contributed by atoms with van der Waals surface area (Å²) in [4.78, 5) is 26.5. The lowest BCUT2D eigenvalue weighted by atomic mass is 10.3. The number of carbonyl (C=O) groups is 1. The van der Waals surface area contributed by atoms with Crippen LogP contribution in [0.15, 0.2) is 0 Å². The van der Waals surface area contributed by atoms with E-state index < -0.39 is 6.16 Å². The molecule has 0 spiro atoms. The maximum absolute atomic E-state index is 10.2. The van der Waals surface area contributed by atoms with Gasteiger partial charge in [0, 0.05) is 1.37 Å². The van der Waals surface area contributed by atoms with E-state index in [2.05, 4.69) is 23.3 Å². The van der Waals surface area contributed by atoms with Crippen molar-refractivity contribution in [3.63, 3.8) is 0 Å². The zero-order chi connectivity index (χ0) is 16.3. The smallest absolute Gasteiger partial charge is 0.427 e. The van der Waals surface area contributed by atoms with Gasteiger partial charge in [-0.25, -0.2) is 4.79 Å². The van der Waals surface area contributed by atoms with Gasteiger partial charge in [-0.2, -0.15) is 9.59 Å². The Morgan fingerprint density at radius 2 is 1.21 bits per heavy atom. The Morgan fingerprint density at radius 3 is 1.26 bits per heavy atom. The summed E-state index contributed by atoms with van der Waals surface area (Å²) < 4.78 is 20.7. The first-order valence-corrected chi connectivity index (χ1v) is 6.09. The highest BCUT2D eigenvalue weighted by Crippen LogP contribution is 2.18. The summed E-state index contributed by atoms with van der Waals surface area (Å²) in [6, 6.07) is 0. The molecule has 0 N–H and O–H groups in total. The number of hydrogen-bond donors (Lipinski definition) is 0. The van der Waals surface area contributed by atoms with Crippen LogP contribution in [0.4, 0.5) is 4.79 Å².